The summed E-state index contributed by atoms with van der Waals surface area (Å²) in [5, 5.41) is 0. The Morgan fingerprint density at radius 3 is 2.48 bits per heavy atom. The summed E-state index contributed by atoms with van der Waals surface area (Å²) in [6, 6.07) is 3.96. The standard InChI is InChI=1S/C19H33N3O3/c1-6-7-11-22(19(24)16(2)3)15-18(23)21(12-13-25-5)14-17-9-8-10-20(17)4/h8-10,16H,6-7,11-15H2,1-5H3. The van der Waals surface area contributed by atoms with E-state index in [1.165, 1.54) is 0 Å². The highest BCUT2D eigenvalue weighted by Crippen LogP contribution is 2.09. The van der Waals surface area contributed by atoms with Crippen molar-refractivity contribution in [3.8, 4) is 0 Å². The van der Waals surface area contributed by atoms with Crippen LogP contribution in [0.1, 0.15) is 39.3 Å². The minimum Gasteiger partial charge on any atom is -0.383 e. The molecule has 0 N–H and O–H groups in total. The molecule has 0 aliphatic heterocycles. The first-order valence-corrected chi connectivity index (χ1v) is 9.06. The molecular formula is C19H33N3O3. The van der Waals surface area contributed by atoms with Crippen LogP contribution in [0.15, 0.2) is 18.3 Å². The van der Waals surface area contributed by atoms with Crippen LogP contribution in [0.2, 0.25) is 0 Å². The van der Waals surface area contributed by atoms with Gasteiger partial charge in [-0.15, -0.1) is 0 Å². The first kappa shape index (κ1) is 21.2. The number of hydrogen-bond donors (Lipinski definition) is 0. The van der Waals surface area contributed by atoms with E-state index >= 15 is 0 Å². The Morgan fingerprint density at radius 1 is 1.24 bits per heavy atom. The molecule has 25 heavy (non-hydrogen) atoms. The Balaban J connectivity index is 2.82. The van der Waals surface area contributed by atoms with Crippen LogP contribution in [0.3, 0.4) is 0 Å². The number of aryl methyl sites for hydroxylation is 1. The van der Waals surface area contributed by atoms with Crippen LogP contribution in [-0.4, -0.2) is 59.5 Å². The van der Waals surface area contributed by atoms with Gasteiger partial charge in [0, 0.05) is 45.1 Å². The Hall–Kier alpha value is -1.82. The SMILES string of the molecule is CCCCN(CC(=O)N(CCOC)Cc1cccn1C)C(=O)C(C)C. The lowest BCUT2D eigenvalue weighted by Crippen LogP contribution is -2.45. The van der Waals surface area contributed by atoms with Gasteiger partial charge in [-0.1, -0.05) is 27.2 Å². The van der Waals surface area contributed by atoms with E-state index in [1.807, 2.05) is 43.8 Å². The predicted molar refractivity (Wildman–Crippen MR) is 99.0 cm³/mol. The Bertz CT molecular complexity index is 540. The molecular weight excluding hydrogens is 318 g/mol. The fourth-order valence-electron chi connectivity index (χ4n) is 2.59. The average molecular weight is 351 g/mol. The molecule has 0 aliphatic carbocycles. The van der Waals surface area contributed by atoms with E-state index in [2.05, 4.69) is 6.92 Å². The van der Waals surface area contributed by atoms with E-state index in [4.69, 9.17) is 4.74 Å². The molecule has 0 spiro atoms. The molecule has 1 aromatic rings. The smallest absolute Gasteiger partial charge is 0.242 e. The lowest BCUT2D eigenvalue weighted by Gasteiger charge is -2.28. The van der Waals surface area contributed by atoms with Crippen molar-refractivity contribution in [1.29, 1.82) is 0 Å². The van der Waals surface area contributed by atoms with Crippen LogP contribution in [0.25, 0.3) is 0 Å². The first-order chi connectivity index (χ1) is 11.9. The van der Waals surface area contributed by atoms with Crippen molar-refractivity contribution >= 4 is 11.8 Å². The van der Waals surface area contributed by atoms with E-state index in [-0.39, 0.29) is 24.3 Å². The summed E-state index contributed by atoms with van der Waals surface area (Å²) in [6.45, 7) is 8.09. The van der Waals surface area contributed by atoms with Gasteiger partial charge in [0.1, 0.15) is 0 Å². The van der Waals surface area contributed by atoms with Gasteiger partial charge >= 0.3 is 0 Å². The molecule has 1 aromatic heterocycles. The monoisotopic (exact) mass is 351 g/mol. The van der Waals surface area contributed by atoms with Gasteiger partial charge < -0.3 is 19.1 Å². The maximum Gasteiger partial charge on any atom is 0.242 e. The molecule has 0 aliphatic rings. The molecule has 6 heteroatoms. The first-order valence-electron chi connectivity index (χ1n) is 9.06. The number of methoxy groups -OCH3 is 1. The summed E-state index contributed by atoms with van der Waals surface area (Å²) < 4.78 is 7.15. The lowest BCUT2D eigenvalue weighted by atomic mass is 10.1. The van der Waals surface area contributed by atoms with Crippen molar-refractivity contribution in [2.45, 2.75) is 40.2 Å². The highest BCUT2D eigenvalue weighted by Gasteiger charge is 2.23. The molecule has 0 saturated carbocycles. The summed E-state index contributed by atoms with van der Waals surface area (Å²) in [5.74, 6) is -0.110. The van der Waals surface area contributed by atoms with E-state index in [0.717, 1.165) is 18.5 Å². The van der Waals surface area contributed by atoms with Crippen LogP contribution >= 0.6 is 0 Å². The van der Waals surface area contributed by atoms with Gasteiger partial charge in [0.05, 0.1) is 19.7 Å². The maximum atomic E-state index is 12.9. The Labute approximate surface area is 151 Å². The number of carbonyl (C=O) groups is 2. The topological polar surface area (TPSA) is 54.8 Å². The number of amides is 2. The normalized spacial score (nSPS) is 11.0. The fraction of sp³-hybridized carbons (Fsp3) is 0.684. The minimum absolute atomic E-state index is 0.0346. The Kier molecular flexibility index (Phi) is 9.27. The van der Waals surface area contributed by atoms with Crippen LogP contribution in [0, 0.1) is 5.92 Å². The number of hydrogen-bond acceptors (Lipinski definition) is 3. The third-order valence-corrected chi connectivity index (χ3v) is 4.24. The van der Waals surface area contributed by atoms with Crippen LogP contribution < -0.4 is 0 Å². The van der Waals surface area contributed by atoms with Gasteiger partial charge in [-0.3, -0.25) is 9.59 Å². The number of ether oxygens (including phenoxy) is 1. The molecule has 1 heterocycles. The molecule has 142 valence electrons. The van der Waals surface area contributed by atoms with Gasteiger partial charge in [-0.05, 0) is 18.6 Å². The Morgan fingerprint density at radius 2 is 1.96 bits per heavy atom. The van der Waals surface area contributed by atoms with Gasteiger partial charge in [-0.25, -0.2) is 0 Å². The second kappa shape index (κ2) is 10.9. The molecule has 0 fully saturated rings. The van der Waals surface area contributed by atoms with Crippen molar-refractivity contribution in [2.75, 3.05) is 33.4 Å². The van der Waals surface area contributed by atoms with Crippen molar-refractivity contribution < 1.29 is 14.3 Å². The number of rotatable bonds is 11. The third-order valence-electron chi connectivity index (χ3n) is 4.24. The quantitative estimate of drug-likeness (QED) is 0.615. The second-order valence-corrected chi connectivity index (χ2v) is 6.69. The van der Waals surface area contributed by atoms with Crippen LogP contribution in [0.4, 0.5) is 0 Å². The summed E-state index contributed by atoms with van der Waals surface area (Å²) >= 11 is 0. The second-order valence-electron chi connectivity index (χ2n) is 6.69. The van der Waals surface area contributed by atoms with Gasteiger partial charge in [-0.2, -0.15) is 0 Å². The number of unbranched alkanes of at least 4 members (excludes halogenated alkanes) is 1. The summed E-state index contributed by atoms with van der Waals surface area (Å²) in [5.41, 5.74) is 1.06. The van der Waals surface area contributed by atoms with E-state index in [0.29, 0.717) is 26.2 Å². The lowest BCUT2D eigenvalue weighted by molar-refractivity contribution is -0.143. The minimum atomic E-state index is -0.107. The molecule has 2 amide bonds. The predicted octanol–water partition coefficient (Wildman–Crippen LogP) is 2.28. The molecule has 0 aromatic carbocycles. The summed E-state index contributed by atoms with van der Waals surface area (Å²) in [4.78, 5) is 28.7. The largest absolute Gasteiger partial charge is 0.383 e. The zero-order chi connectivity index (χ0) is 18.8. The molecule has 0 bridgehead atoms. The fourth-order valence-corrected chi connectivity index (χ4v) is 2.59. The van der Waals surface area contributed by atoms with Crippen molar-refractivity contribution in [3.63, 3.8) is 0 Å². The molecule has 0 saturated heterocycles. The van der Waals surface area contributed by atoms with Gasteiger partial charge in [0.25, 0.3) is 0 Å². The maximum absolute atomic E-state index is 12.9. The highest BCUT2D eigenvalue weighted by molar-refractivity contribution is 5.85. The zero-order valence-corrected chi connectivity index (χ0v) is 16.3. The zero-order valence-electron chi connectivity index (χ0n) is 16.3. The van der Waals surface area contributed by atoms with Crippen LogP contribution in [0.5, 0.6) is 0 Å². The van der Waals surface area contributed by atoms with E-state index < -0.39 is 0 Å². The molecule has 1 rings (SSSR count). The van der Waals surface area contributed by atoms with E-state index in [1.54, 1.807) is 16.9 Å². The summed E-state index contributed by atoms with van der Waals surface area (Å²) in [6.07, 6.45) is 3.86. The summed E-state index contributed by atoms with van der Waals surface area (Å²) in [7, 11) is 3.59. The van der Waals surface area contributed by atoms with Gasteiger partial charge in [0.2, 0.25) is 11.8 Å². The number of aromatic nitrogens is 1. The molecule has 6 nitrogen and oxygen atoms in total. The number of carbonyl (C=O) groups excluding carboxylic acids is 2. The highest BCUT2D eigenvalue weighted by atomic mass is 16.5. The van der Waals surface area contributed by atoms with Crippen LogP contribution in [-0.2, 0) is 27.9 Å². The average Bonchev–Trinajstić information content (AvgIpc) is 2.99. The molecule has 0 atom stereocenters. The third kappa shape index (κ3) is 6.90. The van der Waals surface area contributed by atoms with E-state index in [9.17, 15) is 9.59 Å². The van der Waals surface area contributed by atoms with Crippen molar-refractivity contribution in [1.82, 2.24) is 14.4 Å². The molecule has 0 unspecified atom stereocenters. The van der Waals surface area contributed by atoms with Crippen molar-refractivity contribution in [3.05, 3.63) is 24.0 Å². The molecule has 0 radical (unpaired) electrons. The van der Waals surface area contributed by atoms with Gasteiger partial charge in [0.15, 0.2) is 0 Å². The van der Waals surface area contributed by atoms with Crippen molar-refractivity contribution in [2.24, 2.45) is 13.0 Å². The number of nitrogens with zero attached hydrogens (tertiary/aromatic N) is 3.